The predicted molar refractivity (Wildman–Crippen MR) is 63.4 cm³/mol. The Bertz CT molecular complexity index is 435. The fourth-order valence-corrected chi connectivity index (χ4v) is 1.55. The van der Waals surface area contributed by atoms with Gasteiger partial charge in [-0.05, 0) is 37.1 Å². The molecule has 1 aromatic carbocycles. The van der Waals surface area contributed by atoms with Crippen molar-refractivity contribution < 1.29 is 14.0 Å². The predicted octanol–water partition coefficient (Wildman–Crippen LogP) is 2.12. The molecule has 1 N–H and O–H groups in total. The van der Waals surface area contributed by atoms with Crippen LogP contribution in [0.3, 0.4) is 0 Å². The number of benzene rings is 1. The third-order valence-corrected chi connectivity index (χ3v) is 2.37. The van der Waals surface area contributed by atoms with Gasteiger partial charge in [-0.2, -0.15) is 0 Å². The van der Waals surface area contributed by atoms with Crippen molar-refractivity contribution in [3.63, 3.8) is 0 Å². The van der Waals surface area contributed by atoms with Crippen LogP contribution in [-0.2, 0) is 16.0 Å². The highest BCUT2D eigenvalue weighted by molar-refractivity contribution is 6.30. The van der Waals surface area contributed by atoms with E-state index in [1.54, 1.807) is 0 Å². The Balaban J connectivity index is 2.43. The van der Waals surface area contributed by atoms with Crippen LogP contribution >= 0.6 is 11.6 Å². The fraction of sp³-hybridized carbons (Fsp3) is 0.333. The maximum atomic E-state index is 13.3. The maximum Gasteiger partial charge on any atom is 0.227 e. The van der Waals surface area contributed by atoms with Gasteiger partial charge >= 0.3 is 0 Å². The van der Waals surface area contributed by atoms with Crippen molar-refractivity contribution in [3.8, 4) is 0 Å². The summed E-state index contributed by atoms with van der Waals surface area (Å²) in [6, 6.07) is 4.28. The number of nitrogens with one attached hydrogen (secondary N) is 1. The molecule has 92 valence electrons. The first-order valence-corrected chi connectivity index (χ1v) is 5.57. The van der Waals surface area contributed by atoms with Gasteiger partial charge in [0.25, 0.3) is 0 Å². The molecule has 0 unspecified atom stereocenters. The van der Waals surface area contributed by atoms with Crippen LogP contribution in [0.2, 0.25) is 5.02 Å². The summed E-state index contributed by atoms with van der Waals surface area (Å²) in [5.41, 5.74) is 0.445. The van der Waals surface area contributed by atoms with Gasteiger partial charge in [0.2, 0.25) is 5.91 Å². The van der Waals surface area contributed by atoms with Crippen LogP contribution in [0.4, 0.5) is 4.39 Å². The lowest BCUT2D eigenvalue weighted by Crippen LogP contribution is -2.27. The van der Waals surface area contributed by atoms with Gasteiger partial charge in [-0.15, -0.1) is 0 Å². The highest BCUT2D eigenvalue weighted by atomic mass is 35.5. The van der Waals surface area contributed by atoms with E-state index in [0.29, 0.717) is 17.0 Å². The van der Waals surface area contributed by atoms with Crippen molar-refractivity contribution in [2.75, 3.05) is 6.54 Å². The van der Waals surface area contributed by atoms with E-state index >= 15 is 0 Å². The van der Waals surface area contributed by atoms with Crippen molar-refractivity contribution in [1.29, 1.82) is 0 Å². The molecule has 0 aliphatic rings. The lowest BCUT2D eigenvalue weighted by Gasteiger charge is -2.05. The second-order valence-corrected chi connectivity index (χ2v) is 4.15. The molecule has 0 bridgehead atoms. The Kier molecular flexibility index (Phi) is 5.10. The van der Waals surface area contributed by atoms with Crippen LogP contribution in [0.15, 0.2) is 18.2 Å². The van der Waals surface area contributed by atoms with Crippen LogP contribution in [-0.4, -0.2) is 18.2 Å². The molecule has 0 saturated carbocycles. The van der Waals surface area contributed by atoms with Gasteiger partial charge in [-0.1, -0.05) is 11.6 Å². The first kappa shape index (κ1) is 13.6. The number of ketones is 1. The highest BCUT2D eigenvalue weighted by Crippen LogP contribution is 2.14. The lowest BCUT2D eigenvalue weighted by molar-refractivity contribution is -0.127. The van der Waals surface area contributed by atoms with E-state index in [1.165, 1.54) is 25.1 Å². The number of amides is 1. The number of carbonyl (C=O) groups excluding carboxylic acids is 2. The summed E-state index contributed by atoms with van der Waals surface area (Å²) in [4.78, 5) is 21.8. The van der Waals surface area contributed by atoms with Crippen LogP contribution < -0.4 is 5.32 Å². The van der Waals surface area contributed by atoms with E-state index in [-0.39, 0.29) is 30.5 Å². The molecular weight excluding hydrogens is 245 g/mol. The van der Waals surface area contributed by atoms with E-state index < -0.39 is 0 Å². The molecule has 0 radical (unpaired) electrons. The number of rotatable bonds is 5. The maximum absolute atomic E-state index is 13.3. The molecule has 1 amide bonds. The molecule has 0 aliphatic carbocycles. The average Bonchev–Trinajstić information content (AvgIpc) is 2.22. The Morgan fingerprint density at radius 2 is 2.12 bits per heavy atom. The summed E-state index contributed by atoms with van der Waals surface area (Å²) in [6.45, 7) is 1.62. The van der Waals surface area contributed by atoms with Crippen LogP contribution in [0, 0.1) is 5.82 Å². The Morgan fingerprint density at radius 3 is 2.76 bits per heavy atom. The van der Waals surface area contributed by atoms with Gasteiger partial charge in [0.05, 0.1) is 6.42 Å². The molecule has 0 heterocycles. The van der Waals surface area contributed by atoms with Crippen LogP contribution in [0.25, 0.3) is 0 Å². The molecule has 0 spiro atoms. The number of halogens is 2. The monoisotopic (exact) mass is 257 g/mol. The second kappa shape index (κ2) is 6.35. The number of hydrogen-bond donors (Lipinski definition) is 1. The molecule has 0 atom stereocenters. The zero-order valence-corrected chi connectivity index (χ0v) is 10.2. The Hall–Kier alpha value is -1.42. The lowest BCUT2D eigenvalue weighted by atomic mass is 10.1. The summed E-state index contributed by atoms with van der Waals surface area (Å²) < 4.78 is 13.3. The standard InChI is InChI=1S/C12H13ClFNO2/c1-8(16)6-12(17)15-5-4-9-7-10(13)2-3-11(9)14/h2-3,7H,4-6H2,1H3,(H,15,17). The smallest absolute Gasteiger partial charge is 0.227 e. The molecule has 0 aromatic heterocycles. The zero-order valence-electron chi connectivity index (χ0n) is 9.43. The van der Waals surface area contributed by atoms with Gasteiger partial charge in [-0.25, -0.2) is 4.39 Å². The summed E-state index contributed by atoms with van der Waals surface area (Å²) in [5.74, 6) is -0.897. The summed E-state index contributed by atoms with van der Waals surface area (Å²) in [6.07, 6.45) is 0.202. The van der Waals surface area contributed by atoms with Gasteiger partial charge in [-0.3, -0.25) is 9.59 Å². The molecule has 0 fully saturated rings. The minimum atomic E-state index is -0.352. The quantitative estimate of drug-likeness (QED) is 0.822. The van der Waals surface area contributed by atoms with Gasteiger partial charge in [0, 0.05) is 11.6 Å². The Morgan fingerprint density at radius 1 is 1.41 bits per heavy atom. The minimum absolute atomic E-state index is 0.141. The van der Waals surface area contributed by atoms with Gasteiger partial charge < -0.3 is 5.32 Å². The van der Waals surface area contributed by atoms with E-state index in [9.17, 15) is 14.0 Å². The molecule has 5 heteroatoms. The minimum Gasteiger partial charge on any atom is -0.355 e. The van der Waals surface area contributed by atoms with Crippen molar-refractivity contribution >= 4 is 23.3 Å². The number of Topliss-reactive ketones (excluding diaryl/α,β-unsaturated/α-hetero) is 1. The number of hydrogen-bond acceptors (Lipinski definition) is 2. The van der Waals surface area contributed by atoms with Crippen molar-refractivity contribution in [1.82, 2.24) is 5.32 Å². The molecular formula is C12H13ClFNO2. The van der Waals surface area contributed by atoms with E-state index in [0.717, 1.165) is 0 Å². The van der Waals surface area contributed by atoms with E-state index in [4.69, 9.17) is 11.6 Å². The molecule has 0 aliphatic heterocycles. The third-order valence-electron chi connectivity index (χ3n) is 2.13. The topological polar surface area (TPSA) is 46.2 Å². The van der Waals surface area contributed by atoms with Gasteiger partial charge in [0.1, 0.15) is 11.6 Å². The molecule has 17 heavy (non-hydrogen) atoms. The summed E-state index contributed by atoms with van der Waals surface area (Å²) >= 11 is 5.73. The largest absolute Gasteiger partial charge is 0.355 e. The molecule has 1 rings (SSSR count). The van der Waals surface area contributed by atoms with E-state index in [1.807, 2.05) is 0 Å². The average molecular weight is 258 g/mol. The van der Waals surface area contributed by atoms with Crippen molar-refractivity contribution in [3.05, 3.63) is 34.6 Å². The first-order valence-electron chi connectivity index (χ1n) is 5.19. The van der Waals surface area contributed by atoms with Crippen molar-refractivity contribution in [2.45, 2.75) is 19.8 Å². The first-order chi connectivity index (χ1) is 7.99. The molecule has 1 aromatic rings. The SMILES string of the molecule is CC(=O)CC(=O)NCCc1cc(Cl)ccc1F. The zero-order chi connectivity index (χ0) is 12.8. The molecule has 0 saturated heterocycles. The Labute approximate surface area is 104 Å². The molecule has 3 nitrogen and oxygen atoms in total. The summed E-state index contributed by atoms with van der Waals surface area (Å²) in [5, 5.41) is 2.99. The van der Waals surface area contributed by atoms with Crippen molar-refractivity contribution in [2.24, 2.45) is 0 Å². The normalized spacial score (nSPS) is 10.1. The van der Waals surface area contributed by atoms with Crippen LogP contribution in [0.5, 0.6) is 0 Å². The second-order valence-electron chi connectivity index (χ2n) is 3.71. The van der Waals surface area contributed by atoms with Crippen LogP contribution in [0.1, 0.15) is 18.9 Å². The third kappa shape index (κ3) is 4.95. The summed E-state index contributed by atoms with van der Waals surface area (Å²) in [7, 11) is 0. The fourth-order valence-electron chi connectivity index (χ4n) is 1.36. The number of carbonyl (C=O) groups is 2. The highest BCUT2D eigenvalue weighted by Gasteiger charge is 2.06. The van der Waals surface area contributed by atoms with E-state index in [2.05, 4.69) is 5.32 Å². The van der Waals surface area contributed by atoms with Gasteiger partial charge in [0.15, 0.2) is 0 Å².